The summed E-state index contributed by atoms with van der Waals surface area (Å²) in [6.45, 7) is 7.69. The van der Waals surface area contributed by atoms with Crippen molar-refractivity contribution < 1.29 is 0 Å². The number of benzene rings is 1. The normalized spacial score (nSPS) is 12.8. The van der Waals surface area contributed by atoms with Gasteiger partial charge in [0, 0.05) is 9.52 Å². The fourth-order valence-corrected chi connectivity index (χ4v) is 8.78. The lowest BCUT2D eigenvalue weighted by atomic mass is 10.4. The molecule has 0 saturated heterocycles. The summed E-state index contributed by atoms with van der Waals surface area (Å²) >= 11 is 0. The van der Waals surface area contributed by atoms with Crippen LogP contribution in [-0.2, 0) is 0 Å². The average molecular weight is 232 g/mol. The molecule has 80 valence electrons. The second kappa shape index (κ2) is 7.43. The Bertz CT molecular complexity index is 293. The molecule has 2 heteroatoms. The Balaban J connectivity index is 2.57. The summed E-state index contributed by atoms with van der Waals surface area (Å²) in [6, 6.07) is 13.5. The highest BCUT2D eigenvalue weighted by Crippen LogP contribution is 2.02. The first-order valence-electron chi connectivity index (χ1n) is 5.65. The molecular weight excluding hydrogens is 212 g/mol. The van der Waals surface area contributed by atoms with E-state index in [9.17, 15) is 0 Å². The van der Waals surface area contributed by atoms with E-state index in [4.69, 9.17) is 0 Å². The molecule has 0 spiro atoms. The SMILES string of the molecule is C=CC[SiH2]C[SiH](CC=C)c1ccccc1. The van der Waals surface area contributed by atoms with Gasteiger partial charge in [-0.3, -0.25) is 0 Å². The van der Waals surface area contributed by atoms with Crippen molar-refractivity contribution in [2.75, 3.05) is 0 Å². The van der Waals surface area contributed by atoms with Gasteiger partial charge in [-0.2, -0.15) is 0 Å². The van der Waals surface area contributed by atoms with Crippen LogP contribution in [-0.4, -0.2) is 18.3 Å². The Morgan fingerprint density at radius 2 is 1.87 bits per heavy atom. The van der Waals surface area contributed by atoms with Crippen LogP contribution in [0.5, 0.6) is 0 Å². The first kappa shape index (κ1) is 12.2. The smallest absolute Gasteiger partial charge is 0.0714 e. The van der Waals surface area contributed by atoms with Crippen LogP contribution in [0.4, 0.5) is 0 Å². The highest BCUT2D eigenvalue weighted by atomic mass is 28.3. The highest BCUT2D eigenvalue weighted by Gasteiger charge is 2.10. The fourth-order valence-electron chi connectivity index (χ4n) is 1.86. The van der Waals surface area contributed by atoms with Crippen LogP contribution in [0.25, 0.3) is 0 Å². The molecule has 0 heterocycles. The molecule has 0 N–H and O–H groups in total. The Labute approximate surface area is 97.2 Å². The summed E-state index contributed by atoms with van der Waals surface area (Å²) in [7, 11) is -0.632. The van der Waals surface area contributed by atoms with E-state index in [1.54, 1.807) is 5.19 Å². The first-order valence-corrected chi connectivity index (χ1v) is 9.86. The molecule has 0 radical (unpaired) electrons. The second-order valence-electron chi connectivity index (χ2n) is 3.85. The Kier molecular flexibility index (Phi) is 6.04. The van der Waals surface area contributed by atoms with Crippen LogP contribution >= 0.6 is 0 Å². The summed E-state index contributed by atoms with van der Waals surface area (Å²) < 4.78 is 0. The van der Waals surface area contributed by atoms with Crippen LogP contribution in [0.1, 0.15) is 0 Å². The molecule has 0 aliphatic rings. The van der Waals surface area contributed by atoms with E-state index in [1.165, 1.54) is 17.8 Å². The largest absolute Gasteiger partial charge is 0.103 e. The third kappa shape index (κ3) is 4.45. The predicted molar refractivity (Wildman–Crippen MR) is 76.6 cm³/mol. The molecule has 15 heavy (non-hydrogen) atoms. The van der Waals surface area contributed by atoms with Crippen LogP contribution in [0, 0.1) is 0 Å². The van der Waals surface area contributed by atoms with Gasteiger partial charge in [-0.05, 0) is 12.1 Å². The van der Waals surface area contributed by atoms with Crippen molar-refractivity contribution in [2.24, 2.45) is 0 Å². The summed E-state index contributed by atoms with van der Waals surface area (Å²) in [4.78, 5) is 0. The minimum atomic E-state index is -0.728. The summed E-state index contributed by atoms with van der Waals surface area (Å²) in [5.41, 5.74) is 1.50. The van der Waals surface area contributed by atoms with Gasteiger partial charge in [0.15, 0.2) is 0 Å². The first-order chi connectivity index (χ1) is 7.38. The number of hydrogen-bond donors (Lipinski definition) is 0. The van der Waals surface area contributed by atoms with Crippen molar-refractivity contribution in [3.05, 3.63) is 55.6 Å². The molecule has 0 bridgehead atoms. The second-order valence-corrected chi connectivity index (χ2v) is 9.98. The van der Waals surface area contributed by atoms with Crippen LogP contribution in [0.15, 0.2) is 55.6 Å². The van der Waals surface area contributed by atoms with E-state index in [-0.39, 0.29) is 9.52 Å². The molecule has 1 aromatic rings. The van der Waals surface area contributed by atoms with Gasteiger partial charge < -0.3 is 0 Å². The maximum absolute atomic E-state index is 3.88. The average Bonchev–Trinajstić information content (AvgIpc) is 2.29. The van der Waals surface area contributed by atoms with Crippen LogP contribution in [0.3, 0.4) is 0 Å². The number of hydrogen-bond acceptors (Lipinski definition) is 0. The van der Waals surface area contributed by atoms with E-state index in [2.05, 4.69) is 55.6 Å². The third-order valence-electron chi connectivity index (χ3n) is 2.68. The van der Waals surface area contributed by atoms with Gasteiger partial charge >= 0.3 is 0 Å². The quantitative estimate of drug-likeness (QED) is 0.383. The summed E-state index contributed by atoms with van der Waals surface area (Å²) in [5.74, 6) is 0. The zero-order chi connectivity index (χ0) is 10.9. The van der Waals surface area contributed by atoms with Gasteiger partial charge in [0.25, 0.3) is 0 Å². The van der Waals surface area contributed by atoms with E-state index in [0.717, 1.165) is 0 Å². The molecule has 1 atom stereocenters. The predicted octanol–water partition coefficient (Wildman–Crippen LogP) is 2.04. The summed E-state index contributed by atoms with van der Waals surface area (Å²) in [5, 5.41) is 1.61. The molecule has 1 unspecified atom stereocenters. The van der Waals surface area contributed by atoms with Gasteiger partial charge in [-0.25, -0.2) is 0 Å². The van der Waals surface area contributed by atoms with Gasteiger partial charge in [0.2, 0.25) is 0 Å². The topological polar surface area (TPSA) is 0 Å². The molecular formula is C13H20Si2. The zero-order valence-electron chi connectivity index (χ0n) is 9.36. The lowest BCUT2D eigenvalue weighted by molar-refractivity contribution is 1.58. The van der Waals surface area contributed by atoms with Crippen LogP contribution in [0.2, 0.25) is 17.8 Å². The maximum atomic E-state index is 3.88. The van der Waals surface area contributed by atoms with Crippen molar-refractivity contribution in [1.29, 1.82) is 0 Å². The molecule has 1 rings (SSSR count). The Morgan fingerprint density at radius 1 is 1.13 bits per heavy atom. The minimum Gasteiger partial charge on any atom is -0.103 e. The standard InChI is InChI=1S/C13H20Si2/c1-3-10-14-12-15(11-4-2)13-8-6-5-7-9-13/h3-9,15H,1-2,10-12,14H2. The molecule has 1 aromatic carbocycles. The highest BCUT2D eigenvalue weighted by molar-refractivity contribution is 6.80. The monoisotopic (exact) mass is 232 g/mol. The fraction of sp³-hybridized carbons (Fsp3) is 0.231. The molecule has 0 nitrogen and oxygen atoms in total. The van der Waals surface area contributed by atoms with Crippen molar-refractivity contribution in [3.63, 3.8) is 0 Å². The maximum Gasteiger partial charge on any atom is 0.0714 e. The van der Waals surface area contributed by atoms with E-state index >= 15 is 0 Å². The molecule has 0 aliphatic heterocycles. The van der Waals surface area contributed by atoms with Crippen molar-refractivity contribution in [1.82, 2.24) is 0 Å². The third-order valence-corrected chi connectivity index (χ3v) is 10.2. The van der Waals surface area contributed by atoms with E-state index < -0.39 is 8.80 Å². The van der Waals surface area contributed by atoms with Gasteiger partial charge in [0.05, 0.1) is 8.80 Å². The molecule has 0 aromatic heterocycles. The van der Waals surface area contributed by atoms with Crippen molar-refractivity contribution in [2.45, 2.75) is 17.8 Å². The zero-order valence-corrected chi connectivity index (χ0v) is 11.9. The van der Waals surface area contributed by atoms with Gasteiger partial charge in [0.1, 0.15) is 0 Å². The van der Waals surface area contributed by atoms with Crippen molar-refractivity contribution >= 4 is 23.5 Å². The van der Waals surface area contributed by atoms with Crippen LogP contribution < -0.4 is 5.19 Å². The van der Waals surface area contributed by atoms with Gasteiger partial charge in [-0.1, -0.05) is 53.3 Å². The van der Waals surface area contributed by atoms with E-state index in [0.29, 0.717) is 0 Å². The molecule has 0 amide bonds. The number of rotatable bonds is 7. The van der Waals surface area contributed by atoms with Crippen molar-refractivity contribution in [3.8, 4) is 0 Å². The molecule has 0 aliphatic carbocycles. The lowest BCUT2D eigenvalue weighted by Crippen LogP contribution is -2.30. The minimum absolute atomic E-state index is 0.0956. The Morgan fingerprint density at radius 3 is 2.47 bits per heavy atom. The Hall–Kier alpha value is -0.866. The lowest BCUT2D eigenvalue weighted by Gasteiger charge is -2.12. The van der Waals surface area contributed by atoms with Gasteiger partial charge in [-0.15, -0.1) is 13.2 Å². The summed E-state index contributed by atoms with van der Waals surface area (Å²) in [6.07, 6.45) is 4.18. The molecule has 0 fully saturated rings. The van der Waals surface area contributed by atoms with E-state index in [1.807, 2.05) is 0 Å². The molecule has 0 saturated carbocycles. The number of allylic oxidation sites excluding steroid dienone is 2.